The number of nitrogens with zero attached hydrogens (tertiary/aromatic N) is 2. The highest BCUT2D eigenvalue weighted by molar-refractivity contribution is 6.31. The number of hydrogen-bond acceptors (Lipinski definition) is 3. The number of likely N-dealkylation sites (N-methyl/N-ethyl adjacent to an activating group) is 1. The lowest BCUT2D eigenvalue weighted by atomic mass is 9.84. The molecule has 0 N–H and O–H groups in total. The maximum atomic E-state index is 6.23. The van der Waals surface area contributed by atoms with Gasteiger partial charge in [0.15, 0.2) is 0 Å². The average molecular weight is 393 g/mol. The number of rotatable bonds is 2. The van der Waals surface area contributed by atoms with E-state index < -0.39 is 0 Å². The number of benzene rings is 3. The van der Waals surface area contributed by atoms with E-state index in [2.05, 4.69) is 65.4 Å². The minimum absolute atomic E-state index is 0.385. The van der Waals surface area contributed by atoms with Crippen LogP contribution < -0.4 is 4.90 Å². The fourth-order valence-corrected chi connectivity index (χ4v) is 4.77. The van der Waals surface area contributed by atoms with E-state index in [9.17, 15) is 0 Å². The Morgan fingerprint density at radius 1 is 0.929 bits per heavy atom. The Morgan fingerprint density at radius 2 is 1.75 bits per heavy atom. The van der Waals surface area contributed by atoms with Crippen LogP contribution in [0.15, 0.2) is 54.6 Å². The van der Waals surface area contributed by atoms with Crippen molar-refractivity contribution in [2.45, 2.75) is 12.5 Å². The molecule has 1 atom stereocenters. The highest BCUT2D eigenvalue weighted by atomic mass is 35.5. The van der Waals surface area contributed by atoms with Gasteiger partial charge in [-0.1, -0.05) is 41.9 Å². The number of hydrogen-bond donors (Lipinski definition) is 0. The molecule has 5 rings (SSSR count). The third-order valence-electron chi connectivity index (χ3n) is 6.04. The van der Waals surface area contributed by atoms with Crippen LogP contribution in [0.3, 0.4) is 0 Å². The molecule has 3 nitrogen and oxygen atoms in total. The lowest BCUT2D eigenvalue weighted by Gasteiger charge is -2.35. The minimum atomic E-state index is 0.385. The van der Waals surface area contributed by atoms with Crippen molar-refractivity contribution >= 4 is 28.1 Å². The molecular formula is C24H25ClN2O. The fraction of sp³-hybridized carbons (Fsp3) is 0.333. The predicted octanol–water partition coefficient (Wildman–Crippen LogP) is 4.91. The van der Waals surface area contributed by atoms with E-state index in [0.29, 0.717) is 5.92 Å². The molecule has 3 aromatic carbocycles. The number of fused-ring (bicyclic) bond motifs is 2. The second kappa shape index (κ2) is 7.40. The van der Waals surface area contributed by atoms with Crippen molar-refractivity contribution in [3.63, 3.8) is 0 Å². The molecule has 3 aromatic rings. The first-order valence-electron chi connectivity index (χ1n) is 10.0. The van der Waals surface area contributed by atoms with Crippen molar-refractivity contribution in [2.75, 3.05) is 44.8 Å². The SMILES string of the molecule is CN1Cc2cc(N3CCOCC3)ccc2C(c2ccc3ccc(Cl)cc3c2)C1. The van der Waals surface area contributed by atoms with Gasteiger partial charge < -0.3 is 14.5 Å². The largest absolute Gasteiger partial charge is 0.378 e. The molecule has 0 saturated carbocycles. The molecule has 1 unspecified atom stereocenters. The van der Waals surface area contributed by atoms with Gasteiger partial charge in [0.2, 0.25) is 0 Å². The van der Waals surface area contributed by atoms with Gasteiger partial charge in [-0.3, -0.25) is 0 Å². The Morgan fingerprint density at radius 3 is 2.61 bits per heavy atom. The third kappa shape index (κ3) is 3.39. The van der Waals surface area contributed by atoms with Gasteiger partial charge in [-0.15, -0.1) is 0 Å². The molecule has 1 fully saturated rings. The number of ether oxygens (including phenoxy) is 1. The Hall–Kier alpha value is -2.07. The summed E-state index contributed by atoms with van der Waals surface area (Å²) in [5.41, 5.74) is 5.58. The van der Waals surface area contributed by atoms with E-state index >= 15 is 0 Å². The monoisotopic (exact) mass is 392 g/mol. The summed E-state index contributed by atoms with van der Waals surface area (Å²) in [4.78, 5) is 4.86. The molecular weight excluding hydrogens is 368 g/mol. The van der Waals surface area contributed by atoms with Crippen LogP contribution in [-0.4, -0.2) is 44.8 Å². The van der Waals surface area contributed by atoms with Gasteiger partial charge in [0, 0.05) is 42.8 Å². The highest BCUT2D eigenvalue weighted by Crippen LogP contribution is 2.36. The highest BCUT2D eigenvalue weighted by Gasteiger charge is 2.26. The summed E-state index contributed by atoms with van der Waals surface area (Å²) in [6, 6.07) is 20.0. The van der Waals surface area contributed by atoms with Gasteiger partial charge in [0.05, 0.1) is 13.2 Å². The van der Waals surface area contributed by atoms with Crippen molar-refractivity contribution in [1.29, 1.82) is 0 Å². The zero-order valence-electron chi connectivity index (χ0n) is 16.2. The van der Waals surface area contributed by atoms with Crippen LogP contribution in [0.1, 0.15) is 22.6 Å². The van der Waals surface area contributed by atoms with Crippen molar-refractivity contribution in [2.24, 2.45) is 0 Å². The van der Waals surface area contributed by atoms with Crippen LogP contribution >= 0.6 is 11.6 Å². The second-order valence-electron chi connectivity index (χ2n) is 7.98. The van der Waals surface area contributed by atoms with Gasteiger partial charge >= 0.3 is 0 Å². The van der Waals surface area contributed by atoms with Crippen molar-refractivity contribution in [1.82, 2.24) is 4.90 Å². The second-order valence-corrected chi connectivity index (χ2v) is 8.42. The summed E-state index contributed by atoms with van der Waals surface area (Å²) in [7, 11) is 2.22. The molecule has 2 heterocycles. The summed E-state index contributed by atoms with van der Waals surface area (Å²) in [6.45, 7) is 5.63. The Labute approximate surface area is 171 Å². The third-order valence-corrected chi connectivity index (χ3v) is 6.28. The van der Waals surface area contributed by atoms with Gasteiger partial charge in [-0.2, -0.15) is 0 Å². The summed E-state index contributed by atoms with van der Waals surface area (Å²) in [6.07, 6.45) is 0. The van der Waals surface area contributed by atoms with E-state index in [1.165, 1.54) is 33.2 Å². The van der Waals surface area contributed by atoms with Gasteiger partial charge in [0.1, 0.15) is 0 Å². The first kappa shape index (κ1) is 18.0. The first-order valence-corrected chi connectivity index (χ1v) is 10.4. The standard InChI is InChI=1S/C24H25ClN2O/c1-26-15-20-14-22(27-8-10-28-11-9-27)6-7-23(20)24(16-26)18-3-2-17-4-5-21(25)13-19(17)12-18/h2-7,12-14,24H,8-11,15-16H2,1H3. The van der Waals surface area contributed by atoms with Gasteiger partial charge in [0.25, 0.3) is 0 Å². The lowest BCUT2D eigenvalue weighted by Crippen LogP contribution is -2.36. The summed E-state index contributed by atoms with van der Waals surface area (Å²) in [5.74, 6) is 0.385. The van der Waals surface area contributed by atoms with E-state index in [1.54, 1.807) is 0 Å². The van der Waals surface area contributed by atoms with Crippen LogP contribution in [0.5, 0.6) is 0 Å². The fourth-order valence-electron chi connectivity index (χ4n) is 4.59. The topological polar surface area (TPSA) is 15.7 Å². The quantitative estimate of drug-likeness (QED) is 0.616. The lowest BCUT2D eigenvalue weighted by molar-refractivity contribution is 0.122. The molecule has 0 radical (unpaired) electrons. The molecule has 2 aliphatic rings. The first-order chi connectivity index (χ1) is 13.7. The van der Waals surface area contributed by atoms with E-state index in [1.807, 2.05) is 6.07 Å². The average Bonchev–Trinajstić information content (AvgIpc) is 2.72. The minimum Gasteiger partial charge on any atom is -0.378 e. The number of morpholine rings is 1. The number of anilines is 1. The molecule has 0 amide bonds. The summed E-state index contributed by atoms with van der Waals surface area (Å²) in [5, 5.41) is 3.24. The normalized spacial score (nSPS) is 20.4. The molecule has 4 heteroatoms. The zero-order chi connectivity index (χ0) is 19.1. The Kier molecular flexibility index (Phi) is 4.75. The van der Waals surface area contributed by atoms with E-state index in [-0.39, 0.29) is 0 Å². The molecule has 0 spiro atoms. The van der Waals surface area contributed by atoms with Crippen molar-refractivity contribution < 1.29 is 4.74 Å². The predicted molar refractivity (Wildman–Crippen MR) is 117 cm³/mol. The number of halogens is 1. The van der Waals surface area contributed by atoms with E-state index in [0.717, 1.165) is 44.4 Å². The van der Waals surface area contributed by atoms with Crippen molar-refractivity contribution in [3.05, 3.63) is 76.3 Å². The molecule has 28 heavy (non-hydrogen) atoms. The van der Waals surface area contributed by atoms with Gasteiger partial charge in [-0.05, 0) is 58.8 Å². The smallest absolute Gasteiger partial charge is 0.0642 e. The van der Waals surface area contributed by atoms with Crippen LogP contribution in [0.25, 0.3) is 10.8 Å². The van der Waals surface area contributed by atoms with Crippen LogP contribution in [0.2, 0.25) is 5.02 Å². The maximum absolute atomic E-state index is 6.23. The molecule has 0 bridgehead atoms. The summed E-state index contributed by atoms with van der Waals surface area (Å²) < 4.78 is 5.51. The maximum Gasteiger partial charge on any atom is 0.0642 e. The van der Waals surface area contributed by atoms with Crippen LogP contribution in [-0.2, 0) is 11.3 Å². The van der Waals surface area contributed by atoms with Crippen LogP contribution in [0, 0.1) is 0 Å². The van der Waals surface area contributed by atoms with Crippen LogP contribution in [0.4, 0.5) is 5.69 Å². The van der Waals surface area contributed by atoms with Crippen molar-refractivity contribution in [3.8, 4) is 0 Å². The molecule has 144 valence electrons. The Bertz CT molecular complexity index is 1010. The zero-order valence-corrected chi connectivity index (χ0v) is 17.0. The molecule has 0 aliphatic carbocycles. The molecule has 1 saturated heterocycles. The summed E-state index contributed by atoms with van der Waals surface area (Å²) >= 11 is 6.23. The Balaban J connectivity index is 1.53. The van der Waals surface area contributed by atoms with E-state index in [4.69, 9.17) is 16.3 Å². The molecule has 0 aromatic heterocycles. The molecule has 2 aliphatic heterocycles. The van der Waals surface area contributed by atoms with Gasteiger partial charge in [-0.25, -0.2) is 0 Å².